The summed E-state index contributed by atoms with van der Waals surface area (Å²) in [6.07, 6.45) is 0. The third kappa shape index (κ3) is 75.2. The quantitative estimate of drug-likeness (QED) is 0.426. The third-order valence-corrected chi connectivity index (χ3v) is 0. The first kappa shape index (κ1) is 22.4. The first-order valence-electron chi connectivity index (χ1n) is 0.676. The topological polar surface area (TPSA) is 94.5 Å². The zero-order valence-corrected chi connectivity index (χ0v) is 13.0. The van der Waals surface area contributed by atoms with Gasteiger partial charge in [-0.2, -0.15) is 0 Å². The molecule has 0 rings (SSSR count). The van der Waals surface area contributed by atoms with Crippen LogP contribution < -0.4 is 0 Å². The van der Waals surface area contributed by atoms with E-state index < -0.39 is 8.59 Å². The molecule has 0 fully saturated rings. The molecule has 3 nitrogen and oxygen atoms in total. The van der Waals surface area contributed by atoms with Gasteiger partial charge in [0.15, 0.2) is 0 Å². The Bertz CT molecular complexity index is 26.8. The van der Waals surface area contributed by atoms with Crippen LogP contribution >= 0.6 is 52.1 Å². The molecule has 0 aliphatic heterocycles. The predicted octanol–water partition coefficient (Wildman–Crippen LogP) is 0.906. The summed E-state index contributed by atoms with van der Waals surface area (Å²) in [6.45, 7) is 0. The molecule has 0 saturated heterocycles. The molecule has 8 heavy (non-hydrogen) atoms. The van der Waals surface area contributed by atoms with Crippen molar-refractivity contribution in [2.75, 3.05) is 0 Å². The normalized spacial score (nSPS) is 7.50. The standard InChI is InChI=1S/4BrH.3H2O.Ta/h4*1H;3*1H2;/q;;;;;;;+4/p-4. The molecular formula is H6Br4O3Ta. The average Bonchev–Trinajstić information content (AvgIpc) is 0.722. The number of hydrogen-bond donors (Lipinski definition) is 0. The van der Waals surface area contributed by atoms with Crippen molar-refractivity contribution in [2.45, 2.75) is 0 Å². The summed E-state index contributed by atoms with van der Waals surface area (Å²) in [5.74, 6) is 0. The van der Waals surface area contributed by atoms with Crippen molar-refractivity contribution in [1.82, 2.24) is 0 Å². The zero-order valence-electron chi connectivity index (χ0n) is 3.46. The SMILES string of the molecule is O.O.O.[Br][Ta]([Br])([Br])[Br]. The minimum atomic E-state index is -1.97. The Balaban J connectivity index is -0.0000000267. The molecule has 6 N–H and O–H groups in total. The molecule has 0 radical (unpaired) electrons. The van der Waals surface area contributed by atoms with Crippen LogP contribution in [0.1, 0.15) is 0 Å². The van der Waals surface area contributed by atoms with E-state index in [0.717, 1.165) is 0 Å². The van der Waals surface area contributed by atoms with Crippen molar-refractivity contribution < 1.29 is 25.0 Å². The Labute approximate surface area is 75.9 Å². The van der Waals surface area contributed by atoms with E-state index in [1.165, 1.54) is 0 Å². The first-order chi connectivity index (χ1) is 2.00. The summed E-state index contributed by atoms with van der Waals surface area (Å²) in [4.78, 5) is 0. The number of rotatable bonds is 0. The van der Waals surface area contributed by atoms with Crippen molar-refractivity contribution in [3.05, 3.63) is 0 Å². The van der Waals surface area contributed by atoms with Crippen molar-refractivity contribution in [3.8, 4) is 0 Å². The maximum absolute atomic E-state index is 3.34. The second-order valence-corrected chi connectivity index (χ2v) is 84.7. The van der Waals surface area contributed by atoms with Crippen molar-refractivity contribution >= 4 is 52.1 Å². The fourth-order valence-corrected chi connectivity index (χ4v) is 0. The van der Waals surface area contributed by atoms with Crippen molar-refractivity contribution in [3.63, 3.8) is 0 Å². The molecule has 0 bridgehead atoms. The van der Waals surface area contributed by atoms with Gasteiger partial charge in [-0.05, 0) is 0 Å². The van der Waals surface area contributed by atoms with Gasteiger partial charge in [-0.3, -0.25) is 0 Å². The average molecular weight is 555 g/mol. The Hall–Kier alpha value is 2.54. The van der Waals surface area contributed by atoms with Crippen LogP contribution in [0.25, 0.3) is 0 Å². The van der Waals surface area contributed by atoms with Gasteiger partial charge in [0.05, 0.1) is 0 Å². The Morgan fingerprint density at radius 3 is 0.625 bits per heavy atom. The van der Waals surface area contributed by atoms with Gasteiger partial charge >= 0.3 is 60.7 Å². The van der Waals surface area contributed by atoms with Gasteiger partial charge < -0.3 is 16.4 Å². The van der Waals surface area contributed by atoms with Crippen LogP contribution in [0.4, 0.5) is 0 Å². The molecule has 0 heterocycles. The fraction of sp³-hybridized carbons (Fsp3) is 0. The van der Waals surface area contributed by atoms with Gasteiger partial charge in [0, 0.05) is 0 Å². The van der Waals surface area contributed by atoms with E-state index in [2.05, 4.69) is 52.1 Å². The monoisotopic (exact) mass is 551 g/mol. The van der Waals surface area contributed by atoms with Gasteiger partial charge in [0.2, 0.25) is 0 Å². The van der Waals surface area contributed by atoms with Gasteiger partial charge in [0.25, 0.3) is 0 Å². The van der Waals surface area contributed by atoms with Gasteiger partial charge in [-0.15, -0.1) is 0 Å². The number of hydrogen-bond acceptors (Lipinski definition) is 0. The molecule has 8 heteroatoms. The van der Waals surface area contributed by atoms with Crippen LogP contribution in [-0.2, 0) is 8.59 Å². The van der Waals surface area contributed by atoms with Crippen LogP contribution in [0.3, 0.4) is 0 Å². The first-order valence-corrected chi connectivity index (χ1v) is 28.8. The molecule has 0 aromatic carbocycles. The van der Waals surface area contributed by atoms with Crippen LogP contribution in [0.5, 0.6) is 0 Å². The van der Waals surface area contributed by atoms with E-state index >= 15 is 0 Å². The van der Waals surface area contributed by atoms with E-state index in [4.69, 9.17) is 0 Å². The molecule has 0 spiro atoms. The van der Waals surface area contributed by atoms with Crippen LogP contribution in [-0.4, -0.2) is 16.4 Å². The summed E-state index contributed by atoms with van der Waals surface area (Å²) in [6, 6.07) is 0. The zero-order chi connectivity index (χ0) is 4.50. The summed E-state index contributed by atoms with van der Waals surface area (Å²) in [5.41, 5.74) is 0. The fourth-order valence-electron chi connectivity index (χ4n) is 0. The van der Waals surface area contributed by atoms with Crippen molar-refractivity contribution in [2.24, 2.45) is 0 Å². The van der Waals surface area contributed by atoms with Crippen LogP contribution in [0, 0.1) is 0 Å². The molecule has 0 aromatic rings. The van der Waals surface area contributed by atoms with Gasteiger partial charge in [-0.1, -0.05) is 0 Å². The molecule has 0 saturated carbocycles. The molecule has 0 aromatic heterocycles. The summed E-state index contributed by atoms with van der Waals surface area (Å²) in [7, 11) is -1.97. The van der Waals surface area contributed by atoms with Crippen LogP contribution in [0.2, 0.25) is 0 Å². The molecule has 0 unspecified atom stereocenters. The summed E-state index contributed by atoms with van der Waals surface area (Å²) < 4.78 is 0. The second kappa shape index (κ2) is 9.54. The van der Waals surface area contributed by atoms with Crippen molar-refractivity contribution in [1.29, 1.82) is 0 Å². The second-order valence-electron chi connectivity index (χ2n) is 0.383. The van der Waals surface area contributed by atoms with E-state index in [1.54, 1.807) is 0 Å². The Morgan fingerprint density at radius 2 is 0.625 bits per heavy atom. The van der Waals surface area contributed by atoms with Gasteiger partial charge in [0.1, 0.15) is 0 Å². The Kier molecular flexibility index (Phi) is 26.7. The summed E-state index contributed by atoms with van der Waals surface area (Å²) >= 11 is 13.4. The summed E-state index contributed by atoms with van der Waals surface area (Å²) in [5, 5.41) is 0. The minimum absolute atomic E-state index is 0. The molecule has 57 valence electrons. The third-order valence-electron chi connectivity index (χ3n) is 0. The molecule has 0 aliphatic rings. The van der Waals surface area contributed by atoms with E-state index in [0.29, 0.717) is 0 Å². The van der Waals surface area contributed by atoms with E-state index in [-0.39, 0.29) is 16.4 Å². The molecule has 0 aliphatic carbocycles. The van der Waals surface area contributed by atoms with Crippen LogP contribution in [0.15, 0.2) is 0 Å². The van der Waals surface area contributed by atoms with E-state index in [9.17, 15) is 0 Å². The van der Waals surface area contributed by atoms with E-state index in [1.807, 2.05) is 0 Å². The Morgan fingerprint density at radius 1 is 0.625 bits per heavy atom. The molecule has 0 atom stereocenters. The predicted molar refractivity (Wildman–Crippen MR) is 46.5 cm³/mol. The molecular weight excluding hydrogens is 549 g/mol. The molecule has 0 amide bonds. The maximum atomic E-state index is 3.34. The number of halogens is 4. The van der Waals surface area contributed by atoms with Gasteiger partial charge in [-0.25, -0.2) is 0 Å².